The Morgan fingerprint density at radius 2 is 2.00 bits per heavy atom. The average Bonchev–Trinajstić information content (AvgIpc) is 3.02. The van der Waals surface area contributed by atoms with Crippen molar-refractivity contribution in [1.29, 1.82) is 0 Å². The van der Waals surface area contributed by atoms with Gasteiger partial charge in [-0.3, -0.25) is 4.57 Å². The molecule has 5 heteroatoms. The molecule has 1 aliphatic rings. The van der Waals surface area contributed by atoms with E-state index < -0.39 is 0 Å². The number of aliphatic hydroxyl groups is 1. The number of piperidine rings is 1. The van der Waals surface area contributed by atoms with Crippen molar-refractivity contribution in [2.45, 2.75) is 12.8 Å². The maximum absolute atomic E-state index is 9.17. The fraction of sp³-hybridized carbons (Fsp3) is 0.429. The van der Waals surface area contributed by atoms with E-state index in [1.54, 1.807) is 12.5 Å². The lowest BCUT2D eigenvalue weighted by molar-refractivity contribution is 0.203. The van der Waals surface area contributed by atoms with Crippen LogP contribution in [0.15, 0.2) is 36.9 Å². The molecule has 0 aromatic carbocycles. The van der Waals surface area contributed by atoms with Crippen molar-refractivity contribution >= 4 is 5.82 Å². The summed E-state index contributed by atoms with van der Waals surface area (Å²) in [6.07, 6.45) is 7.47. The average molecular weight is 258 g/mol. The summed E-state index contributed by atoms with van der Waals surface area (Å²) in [7, 11) is 0. The number of hydrogen-bond donors (Lipinski definition) is 1. The van der Waals surface area contributed by atoms with Gasteiger partial charge in [-0.2, -0.15) is 0 Å². The van der Waals surface area contributed by atoms with Gasteiger partial charge in [0, 0.05) is 32.1 Å². The zero-order valence-corrected chi connectivity index (χ0v) is 10.8. The first kappa shape index (κ1) is 12.2. The molecule has 2 aromatic rings. The molecule has 1 aliphatic heterocycles. The van der Waals surface area contributed by atoms with Crippen LogP contribution in [0.5, 0.6) is 0 Å². The molecule has 2 aromatic heterocycles. The lowest BCUT2D eigenvalue weighted by Gasteiger charge is -2.32. The van der Waals surface area contributed by atoms with E-state index in [0.29, 0.717) is 12.5 Å². The van der Waals surface area contributed by atoms with Crippen LogP contribution < -0.4 is 4.90 Å². The molecule has 0 unspecified atom stereocenters. The second kappa shape index (κ2) is 5.40. The molecule has 1 N–H and O–H groups in total. The van der Waals surface area contributed by atoms with E-state index in [-0.39, 0.29) is 0 Å². The highest BCUT2D eigenvalue weighted by molar-refractivity contribution is 5.43. The second-order valence-corrected chi connectivity index (χ2v) is 4.94. The third kappa shape index (κ3) is 2.61. The van der Waals surface area contributed by atoms with Crippen LogP contribution in [-0.2, 0) is 0 Å². The lowest BCUT2D eigenvalue weighted by atomic mass is 9.98. The van der Waals surface area contributed by atoms with Gasteiger partial charge in [0.05, 0.1) is 0 Å². The Labute approximate surface area is 112 Å². The van der Waals surface area contributed by atoms with Crippen LogP contribution >= 0.6 is 0 Å². The predicted octanol–water partition coefficient (Wildman–Crippen LogP) is 1.48. The standard InChI is InChI=1S/C14H18N4O/c19-10-12-4-7-17(8-5-12)13-2-1-3-14(16-13)18-9-6-15-11-18/h1-3,6,9,11-12,19H,4-5,7-8,10H2. The van der Waals surface area contributed by atoms with Gasteiger partial charge in [0.25, 0.3) is 0 Å². The molecule has 19 heavy (non-hydrogen) atoms. The Kier molecular flexibility index (Phi) is 3.46. The van der Waals surface area contributed by atoms with Crippen molar-refractivity contribution in [3.05, 3.63) is 36.9 Å². The zero-order valence-electron chi connectivity index (χ0n) is 10.8. The van der Waals surface area contributed by atoms with E-state index in [2.05, 4.69) is 14.9 Å². The lowest BCUT2D eigenvalue weighted by Crippen LogP contribution is -2.35. The smallest absolute Gasteiger partial charge is 0.140 e. The monoisotopic (exact) mass is 258 g/mol. The van der Waals surface area contributed by atoms with E-state index in [0.717, 1.165) is 37.6 Å². The Balaban J connectivity index is 1.77. The Morgan fingerprint density at radius 1 is 1.21 bits per heavy atom. The highest BCUT2D eigenvalue weighted by Crippen LogP contribution is 2.22. The molecule has 5 nitrogen and oxygen atoms in total. The summed E-state index contributed by atoms with van der Waals surface area (Å²) in [5.41, 5.74) is 0. The molecule has 3 heterocycles. The molecular weight excluding hydrogens is 240 g/mol. The van der Waals surface area contributed by atoms with Gasteiger partial charge in [0.15, 0.2) is 0 Å². The number of aromatic nitrogens is 3. The topological polar surface area (TPSA) is 54.2 Å². The quantitative estimate of drug-likeness (QED) is 0.906. The summed E-state index contributed by atoms with van der Waals surface area (Å²) in [6.45, 7) is 2.23. The van der Waals surface area contributed by atoms with Gasteiger partial charge in [-0.25, -0.2) is 9.97 Å². The summed E-state index contributed by atoms with van der Waals surface area (Å²) >= 11 is 0. The van der Waals surface area contributed by atoms with Crippen LogP contribution in [0.25, 0.3) is 5.82 Å². The van der Waals surface area contributed by atoms with Gasteiger partial charge in [-0.05, 0) is 30.9 Å². The molecule has 100 valence electrons. The van der Waals surface area contributed by atoms with Crippen LogP contribution in [0.2, 0.25) is 0 Å². The van der Waals surface area contributed by atoms with Crippen LogP contribution in [-0.4, -0.2) is 39.3 Å². The third-order valence-electron chi connectivity index (χ3n) is 3.69. The SMILES string of the molecule is OCC1CCN(c2cccc(-n3ccnc3)n2)CC1. The minimum atomic E-state index is 0.302. The van der Waals surface area contributed by atoms with Crippen LogP contribution in [0.3, 0.4) is 0 Å². The van der Waals surface area contributed by atoms with E-state index >= 15 is 0 Å². The fourth-order valence-electron chi connectivity index (χ4n) is 2.47. The molecule has 1 fully saturated rings. The van der Waals surface area contributed by atoms with Crippen molar-refractivity contribution in [3.63, 3.8) is 0 Å². The number of nitrogens with zero attached hydrogens (tertiary/aromatic N) is 4. The van der Waals surface area contributed by atoms with Crippen molar-refractivity contribution in [2.75, 3.05) is 24.6 Å². The van der Waals surface area contributed by atoms with E-state index in [9.17, 15) is 5.11 Å². The van der Waals surface area contributed by atoms with E-state index in [1.165, 1.54) is 0 Å². The van der Waals surface area contributed by atoms with E-state index in [1.807, 2.05) is 29.0 Å². The number of anilines is 1. The van der Waals surface area contributed by atoms with Gasteiger partial charge in [-0.1, -0.05) is 6.07 Å². The highest BCUT2D eigenvalue weighted by atomic mass is 16.3. The number of rotatable bonds is 3. The summed E-state index contributed by atoms with van der Waals surface area (Å²) in [6, 6.07) is 6.04. The van der Waals surface area contributed by atoms with Crippen LogP contribution in [0, 0.1) is 5.92 Å². The van der Waals surface area contributed by atoms with Crippen LogP contribution in [0.1, 0.15) is 12.8 Å². The van der Waals surface area contributed by atoms with Gasteiger partial charge in [-0.15, -0.1) is 0 Å². The normalized spacial score (nSPS) is 16.8. The number of pyridine rings is 1. The minimum Gasteiger partial charge on any atom is -0.396 e. The molecule has 0 aliphatic carbocycles. The summed E-state index contributed by atoms with van der Waals surface area (Å²) < 4.78 is 1.91. The maximum Gasteiger partial charge on any atom is 0.140 e. The van der Waals surface area contributed by atoms with Crippen molar-refractivity contribution < 1.29 is 5.11 Å². The second-order valence-electron chi connectivity index (χ2n) is 4.94. The molecule has 0 spiro atoms. The van der Waals surface area contributed by atoms with Gasteiger partial charge in [0.1, 0.15) is 18.0 Å². The first-order valence-electron chi connectivity index (χ1n) is 6.68. The summed E-state index contributed by atoms with van der Waals surface area (Å²) in [5, 5.41) is 9.17. The zero-order chi connectivity index (χ0) is 13.1. The minimum absolute atomic E-state index is 0.302. The Hall–Kier alpha value is -1.88. The Bertz CT molecular complexity index is 518. The maximum atomic E-state index is 9.17. The number of hydrogen-bond acceptors (Lipinski definition) is 4. The van der Waals surface area contributed by atoms with Gasteiger partial charge in [0.2, 0.25) is 0 Å². The molecule has 0 saturated carbocycles. The number of imidazole rings is 1. The van der Waals surface area contributed by atoms with Crippen LogP contribution in [0.4, 0.5) is 5.82 Å². The molecule has 0 radical (unpaired) electrons. The summed E-state index contributed by atoms with van der Waals surface area (Å²) in [4.78, 5) is 11.0. The third-order valence-corrected chi connectivity index (χ3v) is 3.69. The van der Waals surface area contributed by atoms with Crippen molar-refractivity contribution in [2.24, 2.45) is 5.92 Å². The molecule has 0 amide bonds. The largest absolute Gasteiger partial charge is 0.396 e. The van der Waals surface area contributed by atoms with Crippen molar-refractivity contribution in [1.82, 2.24) is 14.5 Å². The van der Waals surface area contributed by atoms with Gasteiger partial charge >= 0.3 is 0 Å². The first-order valence-corrected chi connectivity index (χ1v) is 6.68. The summed E-state index contributed by atoms with van der Waals surface area (Å²) in [5.74, 6) is 2.34. The number of aliphatic hydroxyl groups excluding tert-OH is 1. The molecule has 3 rings (SSSR count). The van der Waals surface area contributed by atoms with Gasteiger partial charge < -0.3 is 10.0 Å². The Morgan fingerprint density at radius 3 is 2.68 bits per heavy atom. The molecule has 0 bridgehead atoms. The highest BCUT2D eigenvalue weighted by Gasteiger charge is 2.19. The predicted molar refractivity (Wildman–Crippen MR) is 73.4 cm³/mol. The fourth-order valence-corrected chi connectivity index (χ4v) is 2.47. The van der Waals surface area contributed by atoms with E-state index in [4.69, 9.17) is 0 Å². The molecule has 0 atom stereocenters. The molecule has 1 saturated heterocycles. The molecular formula is C14H18N4O. The van der Waals surface area contributed by atoms with Crippen molar-refractivity contribution in [3.8, 4) is 5.82 Å². The first-order chi connectivity index (χ1) is 9.36.